The minimum Gasteiger partial charge on any atom is -0.399 e. The second-order valence-corrected chi connectivity index (χ2v) is 4.68. The van der Waals surface area contributed by atoms with Gasteiger partial charge in [0.2, 0.25) is 0 Å². The molecule has 17 heavy (non-hydrogen) atoms. The highest BCUT2D eigenvalue weighted by molar-refractivity contribution is 9.10. The van der Waals surface area contributed by atoms with Crippen LogP contribution in [0.3, 0.4) is 0 Å². The lowest BCUT2D eigenvalue weighted by atomic mass is 10.2. The number of ether oxygens (including phenoxy) is 1. The summed E-state index contributed by atoms with van der Waals surface area (Å²) in [5, 5.41) is 0. The molecule has 0 saturated heterocycles. The summed E-state index contributed by atoms with van der Waals surface area (Å²) in [6.45, 7) is 1.20. The molecule has 0 amide bonds. The van der Waals surface area contributed by atoms with Crippen LogP contribution in [0.25, 0.3) is 0 Å². The highest BCUT2D eigenvalue weighted by Gasteiger charge is 2.00. The third-order valence-electron chi connectivity index (χ3n) is 2.45. The lowest BCUT2D eigenvalue weighted by molar-refractivity contribution is 0.107. The normalized spacial score (nSPS) is 10.4. The zero-order valence-electron chi connectivity index (χ0n) is 9.40. The minimum atomic E-state index is 0.579. The number of anilines is 1. The second kappa shape index (κ2) is 5.84. The van der Waals surface area contributed by atoms with Crippen LogP contribution in [0, 0.1) is 0 Å². The van der Waals surface area contributed by atoms with Crippen molar-refractivity contribution < 1.29 is 4.74 Å². The zero-order valence-corrected chi connectivity index (χ0v) is 11.0. The molecular formula is C14H14BrNO. The summed E-state index contributed by atoms with van der Waals surface area (Å²) in [5.74, 6) is 0. The van der Waals surface area contributed by atoms with Crippen molar-refractivity contribution in [2.45, 2.75) is 13.2 Å². The zero-order chi connectivity index (χ0) is 12.1. The van der Waals surface area contributed by atoms with Crippen molar-refractivity contribution >= 4 is 21.6 Å². The van der Waals surface area contributed by atoms with Crippen molar-refractivity contribution in [3.05, 3.63) is 64.1 Å². The Morgan fingerprint density at radius 3 is 2.47 bits per heavy atom. The Labute approximate surface area is 110 Å². The van der Waals surface area contributed by atoms with Crippen LogP contribution in [0.2, 0.25) is 0 Å². The highest BCUT2D eigenvalue weighted by atomic mass is 79.9. The van der Waals surface area contributed by atoms with Crippen LogP contribution in [0.15, 0.2) is 53.0 Å². The first-order valence-electron chi connectivity index (χ1n) is 5.41. The van der Waals surface area contributed by atoms with Gasteiger partial charge in [-0.3, -0.25) is 0 Å². The maximum atomic E-state index is 5.68. The maximum Gasteiger partial charge on any atom is 0.0732 e. The van der Waals surface area contributed by atoms with E-state index in [1.807, 2.05) is 36.4 Å². The molecule has 0 bridgehead atoms. The molecule has 2 N–H and O–H groups in total. The fraction of sp³-hybridized carbons (Fsp3) is 0.143. The van der Waals surface area contributed by atoms with Gasteiger partial charge in [0.05, 0.1) is 13.2 Å². The molecule has 0 atom stereocenters. The molecule has 0 aromatic heterocycles. The van der Waals surface area contributed by atoms with Crippen LogP contribution in [-0.4, -0.2) is 0 Å². The van der Waals surface area contributed by atoms with E-state index in [-0.39, 0.29) is 0 Å². The van der Waals surface area contributed by atoms with Gasteiger partial charge in [-0.25, -0.2) is 0 Å². The summed E-state index contributed by atoms with van der Waals surface area (Å²) in [6.07, 6.45) is 0. The van der Waals surface area contributed by atoms with Gasteiger partial charge in [0.1, 0.15) is 0 Å². The summed E-state index contributed by atoms with van der Waals surface area (Å²) < 4.78 is 6.65. The van der Waals surface area contributed by atoms with E-state index in [1.54, 1.807) is 0 Å². The molecule has 2 aromatic carbocycles. The Kier molecular flexibility index (Phi) is 4.18. The number of nitrogen functional groups attached to an aromatic ring is 1. The largest absolute Gasteiger partial charge is 0.399 e. The molecule has 88 valence electrons. The molecule has 2 nitrogen and oxygen atoms in total. The topological polar surface area (TPSA) is 35.2 Å². The molecule has 2 aromatic rings. The van der Waals surface area contributed by atoms with E-state index < -0.39 is 0 Å². The van der Waals surface area contributed by atoms with E-state index in [1.165, 1.54) is 5.56 Å². The maximum absolute atomic E-state index is 5.68. The Balaban J connectivity index is 1.90. The summed E-state index contributed by atoms with van der Waals surface area (Å²) in [5.41, 5.74) is 8.72. The first-order valence-corrected chi connectivity index (χ1v) is 6.20. The van der Waals surface area contributed by atoms with Crippen molar-refractivity contribution in [1.82, 2.24) is 0 Å². The molecule has 0 saturated carbocycles. The van der Waals surface area contributed by atoms with Gasteiger partial charge in [0, 0.05) is 10.2 Å². The van der Waals surface area contributed by atoms with Gasteiger partial charge in [-0.15, -0.1) is 0 Å². The van der Waals surface area contributed by atoms with Gasteiger partial charge in [0.25, 0.3) is 0 Å². The molecule has 0 aliphatic carbocycles. The monoisotopic (exact) mass is 291 g/mol. The van der Waals surface area contributed by atoms with Gasteiger partial charge < -0.3 is 10.5 Å². The predicted molar refractivity (Wildman–Crippen MR) is 73.5 cm³/mol. The number of benzene rings is 2. The first kappa shape index (κ1) is 12.1. The molecule has 0 fully saturated rings. The highest BCUT2D eigenvalue weighted by Crippen LogP contribution is 2.20. The van der Waals surface area contributed by atoms with Crippen molar-refractivity contribution in [2.24, 2.45) is 0 Å². The van der Waals surface area contributed by atoms with E-state index in [9.17, 15) is 0 Å². The quantitative estimate of drug-likeness (QED) is 0.871. The molecule has 0 aliphatic heterocycles. The molecular weight excluding hydrogens is 278 g/mol. The average molecular weight is 292 g/mol. The Morgan fingerprint density at radius 2 is 1.76 bits per heavy atom. The van der Waals surface area contributed by atoms with Crippen molar-refractivity contribution in [1.29, 1.82) is 0 Å². The van der Waals surface area contributed by atoms with Crippen LogP contribution < -0.4 is 5.73 Å². The number of hydrogen-bond donors (Lipinski definition) is 1. The molecule has 2 rings (SSSR count). The lowest BCUT2D eigenvalue weighted by Crippen LogP contribution is -1.96. The van der Waals surface area contributed by atoms with Crippen molar-refractivity contribution in [3.63, 3.8) is 0 Å². The predicted octanol–water partition coefficient (Wildman–Crippen LogP) is 3.75. The van der Waals surface area contributed by atoms with Gasteiger partial charge in [-0.1, -0.05) is 52.3 Å². The Hall–Kier alpha value is -1.32. The summed E-state index contributed by atoms with van der Waals surface area (Å²) in [6, 6.07) is 15.9. The van der Waals surface area contributed by atoms with Crippen molar-refractivity contribution in [3.8, 4) is 0 Å². The summed E-state index contributed by atoms with van der Waals surface area (Å²) in [7, 11) is 0. The average Bonchev–Trinajstić information content (AvgIpc) is 2.33. The second-order valence-electron chi connectivity index (χ2n) is 3.83. The van der Waals surface area contributed by atoms with Crippen LogP contribution in [0.1, 0.15) is 11.1 Å². The fourth-order valence-electron chi connectivity index (χ4n) is 1.53. The minimum absolute atomic E-state index is 0.579. The van der Waals surface area contributed by atoms with E-state index >= 15 is 0 Å². The SMILES string of the molecule is Nc1ccc(COCc2ccccc2)c(Br)c1. The summed E-state index contributed by atoms with van der Waals surface area (Å²) >= 11 is 3.47. The molecule has 0 heterocycles. The molecule has 3 heteroatoms. The first-order chi connectivity index (χ1) is 8.25. The lowest BCUT2D eigenvalue weighted by Gasteiger charge is -2.07. The van der Waals surface area contributed by atoms with Crippen LogP contribution in [0.5, 0.6) is 0 Å². The van der Waals surface area contributed by atoms with E-state index in [4.69, 9.17) is 10.5 Å². The van der Waals surface area contributed by atoms with Gasteiger partial charge >= 0.3 is 0 Å². The Bertz CT molecular complexity index is 485. The fourth-order valence-corrected chi connectivity index (χ4v) is 2.04. The molecule has 0 radical (unpaired) electrons. The third-order valence-corrected chi connectivity index (χ3v) is 3.18. The van der Waals surface area contributed by atoms with Crippen LogP contribution in [-0.2, 0) is 18.0 Å². The number of halogens is 1. The van der Waals surface area contributed by atoms with E-state index in [2.05, 4.69) is 28.1 Å². The van der Waals surface area contributed by atoms with Gasteiger partial charge in [-0.2, -0.15) is 0 Å². The van der Waals surface area contributed by atoms with Crippen LogP contribution >= 0.6 is 15.9 Å². The van der Waals surface area contributed by atoms with E-state index in [0.717, 1.165) is 15.7 Å². The number of nitrogens with two attached hydrogens (primary N) is 1. The molecule has 0 spiro atoms. The van der Waals surface area contributed by atoms with Gasteiger partial charge in [-0.05, 0) is 23.3 Å². The Morgan fingerprint density at radius 1 is 1.00 bits per heavy atom. The molecule has 0 unspecified atom stereocenters. The summed E-state index contributed by atoms with van der Waals surface area (Å²) in [4.78, 5) is 0. The van der Waals surface area contributed by atoms with Gasteiger partial charge in [0.15, 0.2) is 0 Å². The molecule has 0 aliphatic rings. The van der Waals surface area contributed by atoms with Crippen LogP contribution in [0.4, 0.5) is 5.69 Å². The standard InChI is InChI=1S/C14H14BrNO/c15-14-8-13(16)7-6-12(14)10-17-9-11-4-2-1-3-5-11/h1-8H,9-10,16H2. The third kappa shape index (κ3) is 3.58. The number of hydrogen-bond acceptors (Lipinski definition) is 2. The van der Waals surface area contributed by atoms with Crippen molar-refractivity contribution in [2.75, 3.05) is 5.73 Å². The number of rotatable bonds is 4. The van der Waals surface area contributed by atoms with E-state index in [0.29, 0.717) is 13.2 Å². The smallest absolute Gasteiger partial charge is 0.0732 e.